The molecular weight excluding hydrogens is 324 g/mol. The van der Waals surface area contributed by atoms with Crippen molar-refractivity contribution in [2.24, 2.45) is 0 Å². The van der Waals surface area contributed by atoms with Crippen LogP contribution < -0.4 is 14.8 Å². The number of benzene rings is 2. The average molecular weight is 342 g/mol. The van der Waals surface area contributed by atoms with Crippen molar-refractivity contribution in [3.8, 4) is 11.5 Å². The summed E-state index contributed by atoms with van der Waals surface area (Å²) in [6.45, 7) is 4.47. The molecule has 5 nitrogen and oxygen atoms in total. The molecule has 0 unspecified atom stereocenters. The zero-order chi connectivity index (χ0) is 16.9. The summed E-state index contributed by atoms with van der Waals surface area (Å²) in [6, 6.07) is 12.9. The van der Waals surface area contributed by atoms with Crippen LogP contribution in [0.15, 0.2) is 42.5 Å². The Morgan fingerprint density at radius 3 is 2.54 bits per heavy atom. The minimum atomic E-state index is -0.204. The minimum absolute atomic E-state index is 0.0479. The summed E-state index contributed by atoms with van der Waals surface area (Å²) < 4.78 is 11.9. The minimum Gasteiger partial charge on any atom is -0.494 e. The Labute approximate surface area is 144 Å². The van der Waals surface area contributed by atoms with Crippen molar-refractivity contribution in [2.75, 3.05) is 18.5 Å². The highest BCUT2D eigenvalue weighted by molar-refractivity contribution is 7.18. The first kappa shape index (κ1) is 16.3. The number of nitrogens with one attached hydrogen (secondary N) is 1. The Morgan fingerprint density at radius 1 is 1.12 bits per heavy atom. The molecule has 1 amide bonds. The first-order valence-electron chi connectivity index (χ1n) is 7.67. The van der Waals surface area contributed by atoms with E-state index < -0.39 is 0 Å². The lowest BCUT2D eigenvalue weighted by atomic mass is 10.3. The van der Waals surface area contributed by atoms with Crippen LogP contribution in [0.5, 0.6) is 11.5 Å². The molecule has 6 heteroatoms. The molecule has 0 bridgehead atoms. The van der Waals surface area contributed by atoms with Crippen molar-refractivity contribution in [1.82, 2.24) is 4.98 Å². The molecule has 1 heterocycles. The van der Waals surface area contributed by atoms with E-state index >= 15 is 0 Å². The van der Waals surface area contributed by atoms with E-state index in [1.807, 2.05) is 44.2 Å². The number of rotatable bonds is 6. The number of nitrogens with zero attached hydrogens (tertiary/aromatic N) is 1. The third-order valence-corrected chi connectivity index (χ3v) is 4.22. The topological polar surface area (TPSA) is 60.5 Å². The van der Waals surface area contributed by atoms with Gasteiger partial charge in [0.05, 0.1) is 21.8 Å². The van der Waals surface area contributed by atoms with Gasteiger partial charge in [0.15, 0.2) is 6.61 Å². The van der Waals surface area contributed by atoms with Crippen molar-refractivity contribution in [1.29, 1.82) is 0 Å². The standard InChI is InChI=1S/C18H18N2O3S/c1-3-22-14-5-7-15(8-6-14)23-11-18(21)20-13-4-9-16-17(10-13)24-12(2)19-16/h4-10H,3,11H2,1-2H3,(H,20,21). The molecule has 124 valence electrons. The maximum absolute atomic E-state index is 12.0. The van der Waals surface area contributed by atoms with Crippen LogP contribution in [0.1, 0.15) is 11.9 Å². The molecule has 0 atom stereocenters. The molecule has 1 N–H and O–H groups in total. The number of carbonyl (C=O) groups excluding carboxylic acids is 1. The van der Waals surface area contributed by atoms with E-state index in [-0.39, 0.29) is 12.5 Å². The van der Waals surface area contributed by atoms with Gasteiger partial charge >= 0.3 is 0 Å². The molecule has 0 spiro atoms. The normalized spacial score (nSPS) is 10.6. The summed E-state index contributed by atoms with van der Waals surface area (Å²) in [5.74, 6) is 1.20. The monoisotopic (exact) mass is 342 g/mol. The van der Waals surface area contributed by atoms with E-state index in [1.54, 1.807) is 23.5 Å². The summed E-state index contributed by atoms with van der Waals surface area (Å²) in [6.07, 6.45) is 0. The Balaban J connectivity index is 1.56. The fraction of sp³-hybridized carbons (Fsp3) is 0.222. The number of aromatic nitrogens is 1. The van der Waals surface area contributed by atoms with Crippen LogP contribution in [0.4, 0.5) is 5.69 Å². The van der Waals surface area contributed by atoms with Crippen LogP contribution in [-0.2, 0) is 4.79 Å². The van der Waals surface area contributed by atoms with Gasteiger partial charge in [0.2, 0.25) is 0 Å². The predicted molar refractivity (Wildman–Crippen MR) is 96.1 cm³/mol. The molecule has 0 saturated carbocycles. The summed E-state index contributed by atoms with van der Waals surface area (Å²) in [5, 5.41) is 3.84. The zero-order valence-electron chi connectivity index (χ0n) is 13.5. The lowest BCUT2D eigenvalue weighted by Crippen LogP contribution is -2.20. The van der Waals surface area contributed by atoms with Gasteiger partial charge in [0, 0.05) is 5.69 Å². The molecule has 3 aromatic rings. The fourth-order valence-electron chi connectivity index (χ4n) is 2.26. The molecule has 24 heavy (non-hydrogen) atoms. The third kappa shape index (κ3) is 4.02. The fourth-order valence-corrected chi connectivity index (χ4v) is 3.13. The number of ether oxygens (including phenoxy) is 2. The van der Waals surface area contributed by atoms with Gasteiger partial charge in [0.25, 0.3) is 5.91 Å². The molecular formula is C18H18N2O3S. The summed E-state index contributed by atoms with van der Waals surface area (Å²) in [7, 11) is 0. The van der Waals surface area contributed by atoms with Crippen molar-refractivity contribution in [3.05, 3.63) is 47.5 Å². The van der Waals surface area contributed by atoms with Crippen LogP contribution >= 0.6 is 11.3 Å². The number of thiazole rings is 1. The Kier molecular flexibility index (Phi) is 4.96. The SMILES string of the molecule is CCOc1ccc(OCC(=O)Nc2ccc3nc(C)sc3c2)cc1. The number of carbonyl (C=O) groups is 1. The van der Waals surface area contributed by atoms with Crippen LogP contribution in [0.25, 0.3) is 10.2 Å². The van der Waals surface area contributed by atoms with E-state index in [2.05, 4.69) is 10.3 Å². The van der Waals surface area contributed by atoms with Gasteiger partial charge in [-0.2, -0.15) is 0 Å². The third-order valence-electron chi connectivity index (χ3n) is 3.28. The first-order chi connectivity index (χ1) is 11.6. The highest BCUT2D eigenvalue weighted by Crippen LogP contribution is 2.24. The molecule has 3 rings (SSSR count). The van der Waals surface area contributed by atoms with Crippen molar-refractivity contribution < 1.29 is 14.3 Å². The second-order valence-electron chi connectivity index (χ2n) is 5.16. The predicted octanol–water partition coefficient (Wildman–Crippen LogP) is 4.02. The van der Waals surface area contributed by atoms with Gasteiger partial charge in [-0.05, 0) is 56.3 Å². The molecule has 0 aliphatic rings. The number of hydrogen-bond acceptors (Lipinski definition) is 5. The average Bonchev–Trinajstić information content (AvgIpc) is 2.94. The van der Waals surface area contributed by atoms with E-state index in [9.17, 15) is 4.79 Å². The number of amides is 1. The van der Waals surface area contributed by atoms with E-state index in [1.165, 1.54) is 0 Å². The maximum Gasteiger partial charge on any atom is 0.262 e. The quantitative estimate of drug-likeness (QED) is 0.735. The van der Waals surface area contributed by atoms with Crippen LogP contribution in [0.2, 0.25) is 0 Å². The smallest absolute Gasteiger partial charge is 0.262 e. The number of anilines is 1. The Bertz CT molecular complexity index is 843. The summed E-state index contributed by atoms with van der Waals surface area (Å²) in [4.78, 5) is 16.4. The van der Waals surface area contributed by atoms with Crippen LogP contribution in [-0.4, -0.2) is 24.1 Å². The van der Waals surface area contributed by atoms with E-state index in [4.69, 9.17) is 9.47 Å². The second kappa shape index (κ2) is 7.31. The van der Waals surface area contributed by atoms with Crippen LogP contribution in [0, 0.1) is 6.92 Å². The van der Waals surface area contributed by atoms with Gasteiger partial charge in [-0.25, -0.2) is 4.98 Å². The van der Waals surface area contributed by atoms with E-state index in [0.717, 1.165) is 26.7 Å². The second-order valence-corrected chi connectivity index (χ2v) is 6.39. The van der Waals surface area contributed by atoms with Gasteiger partial charge in [-0.3, -0.25) is 4.79 Å². The van der Waals surface area contributed by atoms with Crippen LogP contribution in [0.3, 0.4) is 0 Å². The lowest BCUT2D eigenvalue weighted by molar-refractivity contribution is -0.118. The molecule has 1 aromatic heterocycles. The van der Waals surface area contributed by atoms with Crippen molar-refractivity contribution in [2.45, 2.75) is 13.8 Å². The Hall–Kier alpha value is -2.60. The molecule has 0 radical (unpaired) electrons. The molecule has 0 saturated heterocycles. The van der Waals surface area contributed by atoms with Gasteiger partial charge < -0.3 is 14.8 Å². The number of fused-ring (bicyclic) bond motifs is 1. The summed E-state index contributed by atoms with van der Waals surface area (Å²) >= 11 is 1.60. The van der Waals surface area contributed by atoms with Crippen molar-refractivity contribution >= 4 is 33.1 Å². The zero-order valence-corrected chi connectivity index (χ0v) is 14.4. The van der Waals surface area contributed by atoms with Gasteiger partial charge in [0.1, 0.15) is 11.5 Å². The van der Waals surface area contributed by atoms with E-state index in [0.29, 0.717) is 12.4 Å². The van der Waals surface area contributed by atoms with Crippen molar-refractivity contribution in [3.63, 3.8) is 0 Å². The lowest BCUT2D eigenvalue weighted by Gasteiger charge is -2.08. The highest BCUT2D eigenvalue weighted by Gasteiger charge is 2.06. The largest absolute Gasteiger partial charge is 0.494 e. The highest BCUT2D eigenvalue weighted by atomic mass is 32.1. The molecule has 2 aromatic carbocycles. The maximum atomic E-state index is 12.0. The summed E-state index contributed by atoms with van der Waals surface area (Å²) in [5.41, 5.74) is 1.69. The molecule has 0 fully saturated rings. The first-order valence-corrected chi connectivity index (χ1v) is 8.48. The van der Waals surface area contributed by atoms with Gasteiger partial charge in [-0.15, -0.1) is 11.3 Å². The Morgan fingerprint density at radius 2 is 1.83 bits per heavy atom. The number of hydrogen-bond donors (Lipinski definition) is 1. The molecule has 0 aliphatic heterocycles. The molecule has 0 aliphatic carbocycles. The number of aryl methyl sites for hydroxylation is 1. The van der Waals surface area contributed by atoms with Gasteiger partial charge in [-0.1, -0.05) is 0 Å².